The maximum atomic E-state index is 11.9. The van der Waals surface area contributed by atoms with Gasteiger partial charge in [-0.25, -0.2) is 5.06 Å². The van der Waals surface area contributed by atoms with Crippen LogP contribution in [0.3, 0.4) is 0 Å². The number of benzene rings is 1. The van der Waals surface area contributed by atoms with E-state index in [1.54, 1.807) is 11.8 Å². The van der Waals surface area contributed by atoms with Crippen molar-refractivity contribution in [1.82, 2.24) is 5.06 Å². The third-order valence-electron chi connectivity index (χ3n) is 2.84. The van der Waals surface area contributed by atoms with Crippen molar-refractivity contribution in [3.05, 3.63) is 27.7 Å². The highest BCUT2D eigenvalue weighted by Gasteiger charge is 2.19. The fourth-order valence-corrected chi connectivity index (χ4v) is 3.19. The number of rotatable bonds is 3. The quantitative estimate of drug-likeness (QED) is 0.797. The highest BCUT2D eigenvalue weighted by molar-refractivity contribution is 9.10. The molecule has 1 aromatic rings. The molecule has 0 spiro atoms. The van der Waals surface area contributed by atoms with E-state index in [2.05, 4.69) is 41.9 Å². The van der Waals surface area contributed by atoms with E-state index in [-0.39, 0.29) is 5.91 Å². The number of carbonyl (C=O) groups excluding carboxylic acids is 1. The number of thioether (sulfide) groups is 1. The van der Waals surface area contributed by atoms with Crippen molar-refractivity contribution in [1.29, 1.82) is 0 Å². The lowest BCUT2D eigenvalue weighted by Crippen LogP contribution is -2.28. The summed E-state index contributed by atoms with van der Waals surface area (Å²) in [6.07, 6.45) is 0.937. The van der Waals surface area contributed by atoms with E-state index in [1.807, 2.05) is 0 Å². The topological polar surface area (TPSA) is 29.5 Å². The molecule has 5 heteroatoms. The van der Waals surface area contributed by atoms with Gasteiger partial charge in [-0.3, -0.25) is 9.63 Å². The second-order valence-corrected chi connectivity index (χ2v) is 6.21. The summed E-state index contributed by atoms with van der Waals surface area (Å²) < 4.78 is 1.11. The van der Waals surface area contributed by atoms with Crippen molar-refractivity contribution < 1.29 is 9.63 Å². The monoisotopic (exact) mass is 329 g/mol. The fourth-order valence-electron chi connectivity index (χ4n) is 1.77. The molecule has 1 saturated heterocycles. The van der Waals surface area contributed by atoms with E-state index in [0.717, 1.165) is 22.3 Å². The number of nitrogens with zero attached hydrogens (tertiary/aromatic N) is 1. The Kier molecular flexibility index (Phi) is 4.70. The van der Waals surface area contributed by atoms with Crippen molar-refractivity contribution >= 4 is 33.6 Å². The van der Waals surface area contributed by atoms with E-state index in [0.29, 0.717) is 12.4 Å². The van der Waals surface area contributed by atoms with Gasteiger partial charge in [-0.15, -0.1) is 11.8 Å². The standard InChI is InChI=1S/C13H16BrNO2S/c1-9-7-12(10(2)6-11(9)14)18-8-13(16)15-4-3-5-17-15/h6-7H,3-5,8H2,1-2H3. The van der Waals surface area contributed by atoms with Gasteiger partial charge < -0.3 is 0 Å². The van der Waals surface area contributed by atoms with Gasteiger partial charge in [0.25, 0.3) is 5.91 Å². The minimum atomic E-state index is 0.0532. The summed E-state index contributed by atoms with van der Waals surface area (Å²) in [6, 6.07) is 4.21. The molecule has 1 amide bonds. The van der Waals surface area contributed by atoms with E-state index in [4.69, 9.17) is 4.84 Å². The van der Waals surface area contributed by atoms with Gasteiger partial charge in [0.2, 0.25) is 0 Å². The Bertz CT molecular complexity index is 459. The maximum absolute atomic E-state index is 11.9. The van der Waals surface area contributed by atoms with E-state index in [1.165, 1.54) is 16.2 Å². The van der Waals surface area contributed by atoms with Crippen LogP contribution in [0.4, 0.5) is 0 Å². The van der Waals surface area contributed by atoms with Crippen LogP contribution in [0.25, 0.3) is 0 Å². The van der Waals surface area contributed by atoms with Crippen LogP contribution in [0.15, 0.2) is 21.5 Å². The van der Waals surface area contributed by atoms with Gasteiger partial charge >= 0.3 is 0 Å². The van der Waals surface area contributed by atoms with Crippen molar-refractivity contribution in [2.24, 2.45) is 0 Å². The maximum Gasteiger partial charge on any atom is 0.256 e. The summed E-state index contributed by atoms with van der Waals surface area (Å²) in [5, 5.41) is 1.48. The number of carbonyl (C=O) groups is 1. The third kappa shape index (κ3) is 3.28. The van der Waals surface area contributed by atoms with E-state index in [9.17, 15) is 4.79 Å². The van der Waals surface area contributed by atoms with Crippen molar-refractivity contribution in [3.63, 3.8) is 0 Å². The predicted octanol–water partition coefficient (Wildman–Crippen LogP) is 3.32. The molecule has 0 atom stereocenters. The highest BCUT2D eigenvalue weighted by Crippen LogP contribution is 2.28. The molecule has 0 radical (unpaired) electrons. The molecule has 0 bridgehead atoms. The Morgan fingerprint density at radius 2 is 2.22 bits per heavy atom. The summed E-state index contributed by atoms with van der Waals surface area (Å²) in [7, 11) is 0. The van der Waals surface area contributed by atoms with Gasteiger partial charge in [0, 0.05) is 9.37 Å². The summed E-state index contributed by atoms with van der Waals surface area (Å²) in [6.45, 7) is 5.49. The minimum Gasteiger partial charge on any atom is -0.272 e. The Hall–Kier alpha value is -0.520. The number of hydrogen-bond donors (Lipinski definition) is 0. The number of aryl methyl sites for hydroxylation is 2. The van der Waals surface area contributed by atoms with Crippen molar-refractivity contribution in [3.8, 4) is 0 Å². The SMILES string of the molecule is Cc1cc(SCC(=O)N2CCCO2)c(C)cc1Br. The average Bonchev–Trinajstić information content (AvgIpc) is 2.85. The van der Waals surface area contributed by atoms with Gasteiger partial charge in [0.15, 0.2) is 0 Å². The summed E-state index contributed by atoms with van der Waals surface area (Å²) in [4.78, 5) is 18.2. The normalized spacial score (nSPS) is 15.2. The Morgan fingerprint density at radius 1 is 1.44 bits per heavy atom. The summed E-state index contributed by atoms with van der Waals surface area (Å²) in [5.41, 5.74) is 2.38. The first-order valence-corrected chi connectivity index (χ1v) is 7.68. The van der Waals surface area contributed by atoms with Crippen LogP contribution < -0.4 is 0 Å². The molecule has 18 heavy (non-hydrogen) atoms. The Labute approximate surface area is 120 Å². The van der Waals surface area contributed by atoms with Gasteiger partial charge in [-0.1, -0.05) is 15.9 Å². The number of amides is 1. The lowest BCUT2D eigenvalue weighted by Gasteiger charge is -2.14. The lowest BCUT2D eigenvalue weighted by atomic mass is 10.2. The molecule has 3 nitrogen and oxygen atoms in total. The van der Waals surface area contributed by atoms with E-state index >= 15 is 0 Å². The first-order valence-electron chi connectivity index (χ1n) is 5.91. The van der Waals surface area contributed by atoms with Crippen molar-refractivity contribution in [2.75, 3.05) is 18.9 Å². The van der Waals surface area contributed by atoms with Crippen LogP contribution in [0.1, 0.15) is 17.5 Å². The van der Waals surface area contributed by atoms with Crippen LogP contribution in [0, 0.1) is 13.8 Å². The summed E-state index contributed by atoms with van der Waals surface area (Å²) in [5.74, 6) is 0.486. The molecule has 1 fully saturated rings. The number of hydrogen-bond acceptors (Lipinski definition) is 3. The molecular formula is C13H16BrNO2S. The Balaban J connectivity index is 1.97. The van der Waals surface area contributed by atoms with Crippen molar-refractivity contribution in [2.45, 2.75) is 25.2 Å². The average molecular weight is 330 g/mol. The zero-order valence-electron chi connectivity index (χ0n) is 10.5. The molecule has 0 N–H and O–H groups in total. The Morgan fingerprint density at radius 3 is 2.89 bits per heavy atom. The largest absolute Gasteiger partial charge is 0.272 e. The predicted molar refractivity (Wildman–Crippen MR) is 76.6 cm³/mol. The fraction of sp³-hybridized carbons (Fsp3) is 0.462. The first-order chi connectivity index (χ1) is 8.58. The smallest absolute Gasteiger partial charge is 0.256 e. The van der Waals surface area contributed by atoms with Crippen LogP contribution in [-0.2, 0) is 9.63 Å². The molecule has 1 aliphatic heterocycles. The second-order valence-electron chi connectivity index (χ2n) is 4.34. The summed E-state index contributed by atoms with van der Waals surface area (Å²) >= 11 is 5.08. The van der Waals surface area contributed by atoms with Crippen LogP contribution in [0.2, 0.25) is 0 Å². The van der Waals surface area contributed by atoms with Crippen LogP contribution in [-0.4, -0.2) is 29.9 Å². The molecular weight excluding hydrogens is 314 g/mol. The molecule has 1 aliphatic rings. The number of hydroxylamine groups is 2. The van der Waals surface area contributed by atoms with Crippen LogP contribution in [0.5, 0.6) is 0 Å². The van der Waals surface area contributed by atoms with Gasteiger partial charge in [-0.2, -0.15) is 0 Å². The lowest BCUT2D eigenvalue weighted by molar-refractivity contribution is -0.165. The third-order valence-corrected chi connectivity index (χ3v) is 4.83. The molecule has 0 aromatic heterocycles. The van der Waals surface area contributed by atoms with Gasteiger partial charge in [0.05, 0.1) is 18.9 Å². The zero-order chi connectivity index (χ0) is 13.1. The second kappa shape index (κ2) is 6.08. The van der Waals surface area contributed by atoms with Gasteiger partial charge in [-0.05, 0) is 43.5 Å². The molecule has 1 heterocycles. The van der Waals surface area contributed by atoms with E-state index < -0.39 is 0 Å². The molecule has 0 saturated carbocycles. The molecule has 2 rings (SSSR count). The zero-order valence-corrected chi connectivity index (χ0v) is 12.9. The number of halogens is 1. The van der Waals surface area contributed by atoms with Gasteiger partial charge in [0.1, 0.15) is 0 Å². The molecule has 98 valence electrons. The minimum absolute atomic E-state index is 0.0532. The molecule has 0 aliphatic carbocycles. The molecule has 0 unspecified atom stereocenters. The molecule has 1 aromatic carbocycles. The first kappa shape index (κ1) is 13.9. The highest BCUT2D eigenvalue weighted by atomic mass is 79.9. The van der Waals surface area contributed by atoms with Crippen LogP contribution >= 0.6 is 27.7 Å².